The number of amides is 1. The van der Waals surface area contributed by atoms with Crippen LogP contribution >= 0.6 is 22.9 Å². The van der Waals surface area contributed by atoms with Gasteiger partial charge < -0.3 is 9.84 Å². The number of thiazole rings is 1. The molecule has 2 aromatic rings. The molecular formula is C19H21ClN2O4S. The van der Waals surface area contributed by atoms with Crippen LogP contribution in [0.1, 0.15) is 25.7 Å². The Balaban J connectivity index is 1.76. The molecule has 1 fully saturated rings. The summed E-state index contributed by atoms with van der Waals surface area (Å²) < 4.78 is 5.58. The third kappa shape index (κ3) is 4.86. The van der Waals surface area contributed by atoms with E-state index in [1.807, 2.05) is 23.6 Å². The van der Waals surface area contributed by atoms with Crippen molar-refractivity contribution in [2.75, 3.05) is 18.6 Å². The Morgan fingerprint density at radius 3 is 2.89 bits per heavy atom. The molecule has 1 aliphatic rings. The van der Waals surface area contributed by atoms with Crippen LogP contribution in [0.5, 0.6) is 0 Å². The van der Waals surface area contributed by atoms with E-state index in [0.717, 1.165) is 18.4 Å². The van der Waals surface area contributed by atoms with Gasteiger partial charge in [-0.15, -0.1) is 11.3 Å². The van der Waals surface area contributed by atoms with Crippen molar-refractivity contribution < 1.29 is 19.4 Å². The highest BCUT2D eigenvalue weighted by Gasteiger charge is 2.31. The summed E-state index contributed by atoms with van der Waals surface area (Å²) >= 11 is 7.54. The summed E-state index contributed by atoms with van der Waals surface area (Å²) in [5.41, 5.74) is 1.48. The molecule has 8 heteroatoms. The molecule has 3 rings (SSSR count). The minimum Gasteiger partial charge on any atom is -0.481 e. The van der Waals surface area contributed by atoms with E-state index in [0.29, 0.717) is 28.9 Å². The summed E-state index contributed by atoms with van der Waals surface area (Å²) in [5, 5.41) is 12.1. The first-order valence-electron chi connectivity index (χ1n) is 8.77. The van der Waals surface area contributed by atoms with E-state index in [2.05, 4.69) is 4.98 Å². The molecule has 2 atom stereocenters. The molecule has 27 heavy (non-hydrogen) atoms. The molecule has 1 unspecified atom stereocenters. The summed E-state index contributed by atoms with van der Waals surface area (Å²) in [6.07, 6.45) is 1.95. The van der Waals surface area contributed by atoms with Gasteiger partial charge in [-0.2, -0.15) is 0 Å². The Kier molecular flexibility index (Phi) is 6.46. The highest BCUT2D eigenvalue weighted by molar-refractivity contribution is 7.14. The highest BCUT2D eigenvalue weighted by atomic mass is 35.5. The van der Waals surface area contributed by atoms with E-state index < -0.39 is 11.9 Å². The van der Waals surface area contributed by atoms with Gasteiger partial charge in [-0.05, 0) is 25.3 Å². The van der Waals surface area contributed by atoms with Crippen LogP contribution < -0.4 is 4.90 Å². The predicted octanol–water partition coefficient (Wildman–Crippen LogP) is 4.09. The lowest BCUT2D eigenvalue weighted by Gasteiger charge is -2.23. The van der Waals surface area contributed by atoms with Gasteiger partial charge in [0.1, 0.15) is 0 Å². The fraction of sp³-hybridized carbons (Fsp3) is 0.421. The third-order valence-electron chi connectivity index (χ3n) is 4.60. The first-order chi connectivity index (χ1) is 13.0. The minimum atomic E-state index is -0.990. The van der Waals surface area contributed by atoms with Gasteiger partial charge in [0.05, 0.1) is 24.1 Å². The number of hydrogen-bond donors (Lipinski definition) is 1. The summed E-state index contributed by atoms with van der Waals surface area (Å²) in [6, 6.07) is 7.37. The Morgan fingerprint density at radius 1 is 1.44 bits per heavy atom. The van der Waals surface area contributed by atoms with E-state index >= 15 is 0 Å². The first kappa shape index (κ1) is 19.8. The molecule has 0 saturated carbocycles. The molecule has 144 valence electrons. The highest BCUT2D eigenvalue weighted by Crippen LogP contribution is 2.32. The van der Waals surface area contributed by atoms with Gasteiger partial charge in [-0.1, -0.05) is 29.8 Å². The van der Waals surface area contributed by atoms with Crippen molar-refractivity contribution in [1.29, 1.82) is 0 Å². The first-order valence-corrected chi connectivity index (χ1v) is 10.0. The monoisotopic (exact) mass is 408 g/mol. The Hall–Kier alpha value is -1.96. The number of aromatic nitrogens is 1. The number of benzene rings is 1. The molecule has 1 amide bonds. The maximum atomic E-state index is 12.9. The molecule has 0 aliphatic carbocycles. The molecule has 1 aromatic heterocycles. The zero-order chi connectivity index (χ0) is 19.4. The van der Waals surface area contributed by atoms with Crippen LogP contribution in [0.15, 0.2) is 29.6 Å². The largest absolute Gasteiger partial charge is 0.481 e. The number of rotatable bonds is 7. The second kappa shape index (κ2) is 8.82. The minimum absolute atomic E-state index is 0.0540. The van der Waals surface area contributed by atoms with E-state index in [1.165, 1.54) is 16.2 Å². The molecule has 0 radical (unpaired) electrons. The Bertz CT molecular complexity index is 820. The van der Waals surface area contributed by atoms with Crippen LogP contribution in [0.2, 0.25) is 5.02 Å². The predicted molar refractivity (Wildman–Crippen MR) is 105 cm³/mol. The quantitative estimate of drug-likeness (QED) is 0.746. The van der Waals surface area contributed by atoms with Crippen LogP contribution in [0.25, 0.3) is 11.3 Å². The van der Waals surface area contributed by atoms with Crippen LogP contribution in [0.4, 0.5) is 5.13 Å². The fourth-order valence-corrected chi connectivity index (χ4v) is 4.24. The summed E-state index contributed by atoms with van der Waals surface area (Å²) in [6.45, 7) is 0.669. The van der Waals surface area contributed by atoms with Gasteiger partial charge in [0.15, 0.2) is 5.13 Å². The number of anilines is 1. The normalized spacial score (nSPS) is 17.6. The van der Waals surface area contributed by atoms with Gasteiger partial charge in [-0.3, -0.25) is 14.5 Å². The van der Waals surface area contributed by atoms with Crippen molar-refractivity contribution in [2.45, 2.75) is 31.8 Å². The number of halogens is 1. The topological polar surface area (TPSA) is 79.7 Å². The zero-order valence-electron chi connectivity index (χ0n) is 14.9. The number of hydrogen-bond acceptors (Lipinski definition) is 5. The fourth-order valence-electron chi connectivity index (χ4n) is 3.21. The van der Waals surface area contributed by atoms with Gasteiger partial charge in [0, 0.05) is 29.6 Å². The molecule has 6 nitrogen and oxygen atoms in total. The zero-order valence-corrected chi connectivity index (χ0v) is 16.5. The van der Waals surface area contributed by atoms with E-state index in [4.69, 9.17) is 16.3 Å². The van der Waals surface area contributed by atoms with E-state index in [1.54, 1.807) is 13.1 Å². The summed E-state index contributed by atoms with van der Waals surface area (Å²) in [5.74, 6) is -1.88. The summed E-state index contributed by atoms with van der Waals surface area (Å²) in [4.78, 5) is 30.1. The van der Waals surface area contributed by atoms with Gasteiger partial charge in [0.2, 0.25) is 5.91 Å². The standard InChI is InChI=1S/C19H21ClN2O4S/c1-22(18(25)12(10-17(23)24)9-13-5-4-8-26-13)19-21-16(11-27-19)14-6-2-3-7-15(14)20/h2-3,6-7,11-13H,4-5,8-10H2,1H3,(H,23,24)/t12?,13-/m1/s1. The SMILES string of the molecule is CN(C(=O)C(CC(=O)O)C[C@H]1CCCO1)c1nc(-c2ccccc2Cl)cs1. The van der Waals surface area contributed by atoms with Crippen molar-refractivity contribution in [3.05, 3.63) is 34.7 Å². The van der Waals surface area contributed by atoms with Crippen LogP contribution in [-0.2, 0) is 14.3 Å². The maximum Gasteiger partial charge on any atom is 0.304 e. The van der Waals surface area contributed by atoms with Crippen molar-refractivity contribution in [2.24, 2.45) is 5.92 Å². The van der Waals surface area contributed by atoms with Crippen molar-refractivity contribution in [1.82, 2.24) is 4.98 Å². The second-order valence-corrected chi connectivity index (χ2v) is 7.80. The third-order valence-corrected chi connectivity index (χ3v) is 5.85. The summed E-state index contributed by atoms with van der Waals surface area (Å²) in [7, 11) is 1.63. The number of carbonyl (C=O) groups is 2. The molecule has 1 saturated heterocycles. The maximum absolute atomic E-state index is 12.9. The number of carboxylic acid groups (broad SMARTS) is 1. The Morgan fingerprint density at radius 2 is 2.22 bits per heavy atom. The van der Waals surface area contributed by atoms with Crippen molar-refractivity contribution in [3.8, 4) is 11.3 Å². The van der Waals surface area contributed by atoms with Crippen LogP contribution in [0, 0.1) is 5.92 Å². The average molecular weight is 409 g/mol. The lowest BCUT2D eigenvalue weighted by Crippen LogP contribution is -2.35. The second-order valence-electron chi connectivity index (χ2n) is 6.56. The lowest BCUT2D eigenvalue weighted by atomic mass is 9.95. The van der Waals surface area contributed by atoms with Crippen LogP contribution in [0.3, 0.4) is 0 Å². The lowest BCUT2D eigenvalue weighted by molar-refractivity contribution is -0.141. The number of carboxylic acids is 1. The molecule has 2 heterocycles. The van der Waals surface area contributed by atoms with E-state index in [9.17, 15) is 14.7 Å². The molecule has 0 bridgehead atoms. The van der Waals surface area contributed by atoms with Crippen LogP contribution in [-0.4, -0.2) is 41.7 Å². The smallest absolute Gasteiger partial charge is 0.304 e. The van der Waals surface area contributed by atoms with Crippen molar-refractivity contribution in [3.63, 3.8) is 0 Å². The number of nitrogens with zero attached hydrogens (tertiary/aromatic N) is 2. The molecule has 1 N–H and O–H groups in total. The molecule has 0 spiro atoms. The van der Waals surface area contributed by atoms with Gasteiger partial charge in [-0.25, -0.2) is 4.98 Å². The van der Waals surface area contributed by atoms with Gasteiger partial charge >= 0.3 is 5.97 Å². The average Bonchev–Trinajstić information content (AvgIpc) is 3.32. The molecule has 1 aliphatic heterocycles. The molecule has 1 aromatic carbocycles. The Labute approximate surface area is 166 Å². The van der Waals surface area contributed by atoms with Crippen molar-refractivity contribution >= 4 is 39.9 Å². The molecular weight excluding hydrogens is 388 g/mol. The van der Waals surface area contributed by atoms with Gasteiger partial charge in [0.25, 0.3) is 0 Å². The number of carbonyl (C=O) groups excluding carboxylic acids is 1. The number of ether oxygens (including phenoxy) is 1. The van der Waals surface area contributed by atoms with E-state index in [-0.39, 0.29) is 18.4 Å². The number of aliphatic carboxylic acids is 1.